The van der Waals surface area contributed by atoms with Crippen LogP contribution in [0.4, 0.5) is 0 Å². The lowest BCUT2D eigenvalue weighted by Gasteiger charge is -2.48. The van der Waals surface area contributed by atoms with Crippen LogP contribution in [-0.2, 0) is 23.1 Å². The molecule has 7 atom stereocenters. The molecular formula is C42H78O6Si2. The van der Waals surface area contributed by atoms with Crippen LogP contribution < -0.4 is 0 Å². The summed E-state index contributed by atoms with van der Waals surface area (Å²) in [6.45, 7) is 30.7. The minimum Gasteiger partial charge on any atom is -0.453 e. The lowest BCUT2D eigenvalue weighted by atomic mass is 9.92. The van der Waals surface area contributed by atoms with Crippen LogP contribution in [0.25, 0.3) is 0 Å². The third-order valence-electron chi connectivity index (χ3n) is 12.2. The number of cyclic esters (lactones) is 1. The molecule has 290 valence electrons. The summed E-state index contributed by atoms with van der Waals surface area (Å²) in [6, 6.07) is 3.67. The van der Waals surface area contributed by atoms with Gasteiger partial charge in [0.25, 0.3) is 5.79 Å². The van der Waals surface area contributed by atoms with Crippen molar-refractivity contribution in [2.24, 2.45) is 17.8 Å². The number of esters is 1. The second-order valence-corrected chi connectivity index (χ2v) is 26.7. The molecule has 1 N–H and O–H groups in total. The fraction of sp³-hybridized carbons (Fsp3) is 0.833. The van der Waals surface area contributed by atoms with Crippen molar-refractivity contribution in [3.05, 3.63) is 36.0 Å². The van der Waals surface area contributed by atoms with Gasteiger partial charge in [-0.3, -0.25) is 0 Å². The summed E-state index contributed by atoms with van der Waals surface area (Å²) < 4.78 is 27.5. The number of carbonyl (C=O) groups is 1. The lowest BCUT2D eigenvalue weighted by molar-refractivity contribution is -0.205. The van der Waals surface area contributed by atoms with Gasteiger partial charge in [-0.05, 0) is 85.8 Å². The minimum absolute atomic E-state index is 0.0528. The maximum Gasteiger partial charge on any atom is 0.365 e. The Morgan fingerprint density at radius 2 is 1.58 bits per heavy atom. The molecule has 0 aromatic rings. The van der Waals surface area contributed by atoms with Gasteiger partial charge in [0.05, 0.1) is 17.8 Å². The van der Waals surface area contributed by atoms with Crippen molar-refractivity contribution in [2.45, 2.75) is 207 Å². The average molecular weight is 735 g/mol. The summed E-state index contributed by atoms with van der Waals surface area (Å²) in [7, 11) is -4.81. The van der Waals surface area contributed by atoms with Crippen molar-refractivity contribution in [2.75, 3.05) is 0 Å². The van der Waals surface area contributed by atoms with Gasteiger partial charge in [-0.1, -0.05) is 126 Å². The predicted octanol–water partition coefficient (Wildman–Crippen LogP) is 11.7. The molecular weight excluding hydrogens is 657 g/mol. The maximum absolute atomic E-state index is 15.1. The number of rotatable bonds is 18. The van der Waals surface area contributed by atoms with Crippen LogP contribution in [0, 0.1) is 17.8 Å². The Kier molecular flexibility index (Phi) is 17.9. The van der Waals surface area contributed by atoms with Crippen molar-refractivity contribution < 1.29 is 28.2 Å². The Labute approximate surface area is 310 Å². The number of hydrogen-bond donors (Lipinski definition) is 1. The predicted molar refractivity (Wildman–Crippen MR) is 215 cm³/mol. The zero-order chi connectivity index (χ0) is 37.9. The molecule has 0 radical (unpaired) electrons. The standard InChI is InChI=1S/C42H78O6Si2/c1-15-23-34(11)39-37(45-39)30-41(14,44)28-22-27-36(13)38-35(12)26-20-24-33(10)25-21-29-42(40(43)46-38,47-49(16-2,17-3)31(6)7)48-50(18-4,19-5)32(8)9/h20,22,26-28,31-35,37-39,44H,15-19,21,23-25,29-30H2,1-14H3. The molecule has 50 heavy (non-hydrogen) atoms. The van der Waals surface area contributed by atoms with E-state index < -0.39 is 34.1 Å². The topological polar surface area (TPSA) is 77.5 Å². The van der Waals surface area contributed by atoms with Gasteiger partial charge in [-0.2, -0.15) is 0 Å². The first kappa shape index (κ1) is 45.1. The Bertz CT molecular complexity index is 1090. The van der Waals surface area contributed by atoms with Gasteiger partial charge in [-0.15, -0.1) is 0 Å². The monoisotopic (exact) mass is 735 g/mol. The van der Waals surface area contributed by atoms with E-state index in [2.05, 4.69) is 95.2 Å². The van der Waals surface area contributed by atoms with Crippen molar-refractivity contribution in [1.82, 2.24) is 0 Å². The normalized spacial score (nSPS) is 27.6. The van der Waals surface area contributed by atoms with Gasteiger partial charge in [-0.25, -0.2) is 4.79 Å². The summed E-state index contributed by atoms with van der Waals surface area (Å²) in [5, 5.41) is 11.3. The zero-order valence-corrected chi connectivity index (χ0v) is 36.8. The molecule has 2 aliphatic heterocycles. The van der Waals surface area contributed by atoms with Crippen LogP contribution in [0.15, 0.2) is 36.0 Å². The Balaban J connectivity index is 2.59. The van der Waals surface area contributed by atoms with Crippen molar-refractivity contribution in [3.63, 3.8) is 0 Å². The van der Waals surface area contributed by atoms with E-state index in [0.717, 1.165) is 61.9 Å². The van der Waals surface area contributed by atoms with E-state index in [1.54, 1.807) is 0 Å². The minimum atomic E-state index is -2.40. The summed E-state index contributed by atoms with van der Waals surface area (Å²) in [6.07, 6.45) is 16.2. The van der Waals surface area contributed by atoms with Gasteiger partial charge < -0.3 is 23.4 Å². The fourth-order valence-electron chi connectivity index (χ4n) is 8.29. The highest BCUT2D eigenvalue weighted by atomic mass is 28.4. The molecule has 8 heteroatoms. The van der Waals surface area contributed by atoms with E-state index in [9.17, 15) is 5.11 Å². The molecule has 0 aromatic carbocycles. The first-order valence-electron chi connectivity index (χ1n) is 20.4. The van der Waals surface area contributed by atoms with Crippen molar-refractivity contribution >= 4 is 22.6 Å². The maximum atomic E-state index is 15.1. The van der Waals surface area contributed by atoms with Gasteiger partial charge in [0.2, 0.25) is 0 Å². The lowest BCUT2D eigenvalue weighted by Crippen LogP contribution is -2.61. The van der Waals surface area contributed by atoms with Crippen molar-refractivity contribution in [3.8, 4) is 0 Å². The number of aliphatic hydroxyl groups is 1. The van der Waals surface area contributed by atoms with Crippen LogP contribution >= 0.6 is 0 Å². The average Bonchev–Trinajstić information content (AvgIpc) is 3.82. The molecule has 0 bridgehead atoms. The molecule has 1 fully saturated rings. The van der Waals surface area contributed by atoms with Gasteiger partial charge in [0, 0.05) is 18.8 Å². The molecule has 2 heterocycles. The smallest absolute Gasteiger partial charge is 0.365 e. The molecule has 1 saturated heterocycles. The van der Waals surface area contributed by atoms with E-state index in [1.807, 2.05) is 32.1 Å². The van der Waals surface area contributed by atoms with Crippen LogP contribution in [0.2, 0.25) is 35.3 Å². The molecule has 0 saturated carbocycles. The van der Waals surface area contributed by atoms with Crippen molar-refractivity contribution in [1.29, 1.82) is 0 Å². The highest BCUT2D eigenvalue weighted by Gasteiger charge is 2.55. The Hall–Kier alpha value is -1.04. The van der Waals surface area contributed by atoms with Crippen LogP contribution in [-0.4, -0.2) is 57.4 Å². The quantitative estimate of drug-likeness (QED) is 0.0377. The molecule has 6 nitrogen and oxygen atoms in total. The summed E-state index contributed by atoms with van der Waals surface area (Å²) in [5.41, 5.74) is 0.580. The highest BCUT2D eigenvalue weighted by Crippen LogP contribution is 2.44. The number of hydrogen-bond acceptors (Lipinski definition) is 6. The van der Waals surface area contributed by atoms with E-state index in [-0.39, 0.29) is 24.1 Å². The molecule has 2 rings (SSSR count). The first-order valence-corrected chi connectivity index (χ1v) is 25.2. The second-order valence-electron chi connectivity index (χ2n) is 16.9. The van der Waals surface area contributed by atoms with E-state index >= 15 is 4.79 Å². The van der Waals surface area contributed by atoms with E-state index in [1.165, 1.54) is 0 Å². The largest absolute Gasteiger partial charge is 0.453 e. The fourth-order valence-corrected chi connectivity index (χ4v) is 15.5. The molecule has 0 amide bonds. The Morgan fingerprint density at radius 3 is 2.08 bits per heavy atom. The molecule has 0 spiro atoms. The van der Waals surface area contributed by atoms with Crippen LogP contribution in [0.1, 0.15) is 142 Å². The number of carbonyl (C=O) groups excluding carboxylic acids is 1. The van der Waals surface area contributed by atoms with Crippen LogP contribution in [0.5, 0.6) is 0 Å². The first-order chi connectivity index (χ1) is 23.4. The van der Waals surface area contributed by atoms with Crippen LogP contribution in [0.3, 0.4) is 0 Å². The highest BCUT2D eigenvalue weighted by molar-refractivity contribution is 6.76. The molecule has 7 unspecified atom stereocenters. The molecule has 0 aromatic heterocycles. The third-order valence-corrected chi connectivity index (χ3v) is 22.7. The van der Waals surface area contributed by atoms with Gasteiger partial charge in [0.1, 0.15) is 6.10 Å². The Morgan fingerprint density at radius 1 is 1.02 bits per heavy atom. The number of allylic oxidation sites excluding steroid dienone is 3. The molecule has 0 aliphatic carbocycles. The number of ether oxygens (including phenoxy) is 2. The van der Waals surface area contributed by atoms with E-state index in [0.29, 0.717) is 35.8 Å². The van der Waals surface area contributed by atoms with Gasteiger partial charge >= 0.3 is 5.97 Å². The summed E-state index contributed by atoms with van der Waals surface area (Å²) in [4.78, 5) is 15.1. The van der Waals surface area contributed by atoms with E-state index in [4.69, 9.17) is 18.3 Å². The molecule has 2 aliphatic rings. The van der Waals surface area contributed by atoms with Gasteiger partial charge in [0.15, 0.2) is 16.6 Å². The SMILES string of the molecule is CCCC(C)C1OC1CC(C)(O)C=CC=C(C)C1OC(=O)C(O[Si](CC)(CC)C(C)C)(O[Si](CC)(CC)C(C)C)CCCC(C)CC=CC1C. The third kappa shape index (κ3) is 12.0. The summed E-state index contributed by atoms with van der Waals surface area (Å²) in [5.74, 6) is -0.854. The second kappa shape index (κ2) is 19.9. The number of epoxide rings is 1. The zero-order valence-electron chi connectivity index (χ0n) is 34.8. The summed E-state index contributed by atoms with van der Waals surface area (Å²) >= 11 is 0.